The topological polar surface area (TPSA) is 61.7 Å². The van der Waals surface area contributed by atoms with E-state index in [4.69, 9.17) is 4.74 Å². The van der Waals surface area contributed by atoms with Crippen LogP contribution >= 0.6 is 0 Å². The number of benzene rings is 1. The molecule has 1 unspecified atom stereocenters. The first-order valence-electron chi connectivity index (χ1n) is 6.83. The predicted molar refractivity (Wildman–Crippen MR) is 74.3 cm³/mol. The fourth-order valence-corrected chi connectivity index (χ4v) is 2.03. The second kappa shape index (κ2) is 6.37. The summed E-state index contributed by atoms with van der Waals surface area (Å²) in [5.41, 5.74) is 1.15. The summed E-state index contributed by atoms with van der Waals surface area (Å²) in [6.07, 6.45) is 1.62. The van der Waals surface area contributed by atoms with Crippen LogP contribution in [0.1, 0.15) is 18.4 Å². The molecule has 4 heteroatoms. The molecule has 1 fully saturated rings. The number of aryl methyl sites for hydroxylation is 1. The Bertz CT molecular complexity index is 404. The van der Waals surface area contributed by atoms with E-state index in [0.29, 0.717) is 6.54 Å². The maximum atomic E-state index is 9.84. The van der Waals surface area contributed by atoms with Gasteiger partial charge in [0.15, 0.2) is 0 Å². The number of aliphatic hydroxyl groups excluding tert-OH is 2. The van der Waals surface area contributed by atoms with Crippen molar-refractivity contribution in [1.29, 1.82) is 0 Å². The molecule has 0 saturated heterocycles. The molecule has 1 aromatic rings. The standard InChI is InChI=1S/C15H23NO3/c1-12-4-2-3-5-14(12)19-9-13(18)8-16-10-15(11-17)6-7-15/h2-5,13,16-18H,6-11H2,1H3. The molecule has 1 aromatic carbocycles. The molecule has 106 valence electrons. The fourth-order valence-electron chi connectivity index (χ4n) is 2.03. The van der Waals surface area contributed by atoms with Crippen molar-refractivity contribution >= 4 is 0 Å². The Morgan fingerprint density at radius 3 is 2.74 bits per heavy atom. The highest BCUT2D eigenvalue weighted by Gasteiger charge is 2.41. The van der Waals surface area contributed by atoms with Crippen molar-refractivity contribution in [2.75, 3.05) is 26.3 Å². The molecule has 4 nitrogen and oxygen atoms in total. The second-order valence-corrected chi connectivity index (χ2v) is 5.52. The van der Waals surface area contributed by atoms with E-state index >= 15 is 0 Å². The van der Waals surface area contributed by atoms with Crippen LogP contribution < -0.4 is 10.1 Å². The number of hydrogen-bond acceptors (Lipinski definition) is 4. The Hall–Kier alpha value is -1.10. The van der Waals surface area contributed by atoms with Crippen LogP contribution in [0.2, 0.25) is 0 Å². The van der Waals surface area contributed by atoms with Crippen molar-refractivity contribution in [2.24, 2.45) is 5.41 Å². The number of nitrogens with one attached hydrogen (secondary N) is 1. The third-order valence-corrected chi connectivity index (χ3v) is 3.70. The smallest absolute Gasteiger partial charge is 0.122 e. The van der Waals surface area contributed by atoms with Crippen LogP contribution in [0.5, 0.6) is 5.75 Å². The van der Waals surface area contributed by atoms with Gasteiger partial charge in [-0.1, -0.05) is 18.2 Å². The van der Waals surface area contributed by atoms with E-state index in [-0.39, 0.29) is 18.6 Å². The first-order valence-corrected chi connectivity index (χ1v) is 6.83. The van der Waals surface area contributed by atoms with Crippen LogP contribution in [0.4, 0.5) is 0 Å². The van der Waals surface area contributed by atoms with Gasteiger partial charge in [-0.3, -0.25) is 0 Å². The number of hydrogen-bond donors (Lipinski definition) is 3. The second-order valence-electron chi connectivity index (χ2n) is 5.52. The lowest BCUT2D eigenvalue weighted by atomic mass is 10.1. The first-order chi connectivity index (χ1) is 9.15. The van der Waals surface area contributed by atoms with Gasteiger partial charge < -0.3 is 20.3 Å². The maximum Gasteiger partial charge on any atom is 0.122 e. The van der Waals surface area contributed by atoms with E-state index in [2.05, 4.69) is 5.32 Å². The summed E-state index contributed by atoms with van der Waals surface area (Å²) in [5, 5.41) is 22.2. The van der Waals surface area contributed by atoms with E-state index in [1.165, 1.54) is 0 Å². The Labute approximate surface area is 114 Å². The molecular weight excluding hydrogens is 242 g/mol. The summed E-state index contributed by atoms with van der Waals surface area (Å²) in [5.74, 6) is 0.815. The Balaban J connectivity index is 1.65. The highest BCUT2D eigenvalue weighted by molar-refractivity contribution is 5.31. The molecule has 0 heterocycles. The third kappa shape index (κ3) is 4.20. The van der Waals surface area contributed by atoms with E-state index in [1.54, 1.807) is 0 Å². The molecule has 1 atom stereocenters. The highest BCUT2D eigenvalue weighted by Crippen LogP contribution is 2.44. The van der Waals surface area contributed by atoms with Crippen molar-refractivity contribution in [3.8, 4) is 5.75 Å². The molecule has 0 spiro atoms. The largest absolute Gasteiger partial charge is 0.491 e. The molecule has 1 aliphatic carbocycles. The summed E-state index contributed by atoms with van der Waals surface area (Å²) in [6.45, 7) is 3.76. The van der Waals surface area contributed by atoms with Crippen molar-refractivity contribution in [2.45, 2.75) is 25.9 Å². The summed E-state index contributed by atoms with van der Waals surface area (Å²) >= 11 is 0. The molecule has 0 amide bonds. The summed E-state index contributed by atoms with van der Waals surface area (Å²) < 4.78 is 5.58. The quantitative estimate of drug-likeness (QED) is 0.658. The highest BCUT2D eigenvalue weighted by atomic mass is 16.5. The molecule has 3 N–H and O–H groups in total. The molecule has 0 aromatic heterocycles. The van der Waals surface area contributed by atoms with Gasteiger partial charge in [0.05, 0.1) is 0 Å². The van der Waals surface area contributed by atoms with Crippen LogP contribution in [0.3, 0.4) is 0 Å². The normalized spacial score (nSPS) is 18.1. The number of ether oxygens (including phenoxy) is 1. The maximum absolute atomic E-state index is 9.84. The average molecular weight is 265 g/mol. The summed E-state index contributed by atoms with van der Waals surface area (Å²) in [6, 6.07) is 7.77. The van der Waals surface area contributed by atoms with E-state index < -0.39 is 6.10 Å². The van der Waals surface area contributed by atoms with Gasteiger partial charge in [0.25, 0.3) is 0 Å². The van der Waals surface area contributed by atoms with Gasteiger partial charge in [-0.15, -0.1) is 0 Å². The average Bonchev–Trinajstić information content (AvgIpc) is 3.18. The molecule has 1 aliphatic rings. The van der Waals surface area contributed by atoms with Gasteiger partial charge in [0, 0.05) is 25.1 Å². The lowest BCUT2D eigenvalue weighted by Crippen LogP contribution is -2.35. The molecule has 2 rings (SSSR count). The summed E-state index contributed by atoms with van der Waals surface area (Å²) in [4.78, 5) is 0. The van der Waals surface area contributed by atoms with Gasteiger partial charge in [-0.25, -0.2) is 0 Å². The molecular formula is C15H23NO3. The number of rotatable bonds is 8. The van der Waals surface area contributed by atoms with Crippen molar-refractivity contribution in [1.82, 2.24) is 5.32 Å². The monoisotopic (exact) mass is 265 g/mol. The predicted octanol–water partition coefficient (Wildman–Crippen LogP) is 1.10. The van der Waals surface area contributed by atoms with E-state index in [0.717, 1.165) is 30.7 Å². The van der Waals surface area contributed by atoms with Gasteiger partial charge in [0.1, 0.15) is 18.5 Å². The zero-order valence-corrected chi connectivity index (χ0v) is 11.4. The van der Waals surface area contributed by atoms with Gasteiger partial charge in [-0.05, 0) is 31.4 Å². The molecule has 0 radical (unpaired) electrons. The minimum atomic E-state index is -0.533. The lowest BCUT2D eigenvalue weighted by molar-refractivity contribution is 0.102. The van der Waals surface area contributed by atoms with Crippen LogP contribution in [-0.4, -0.2) is 42.6 Å². The van der Waals surface area contributed by atoms with Crippen molar-refractivity contribution < 1.29 is 14.9 Å². The lowest BCUT2D eigenvalue weighted by Gasteiger charge is -2.17. The summed E-state index contributed by atoms with van der Waals surface area (Å²) in [7, 11) is 0. The molecule has 0 bridgehead atoms. The first kappa shape index (κ1) is 14.3. The Morgan fingerprint density at radius 1 is 1.37 bits per heavy atom. The third-order valence-electron chi connectivity index (χ3n) is 3.70. The molecule has 0 aliphatic heterocycles. The molecule has 1 saturated carbocycles. The minimum Gasteiger partial charge on any atom is -0.491 e. The van der Waals surface area contributed by atoms with Crippen LogP contribution in [0.15, 0.2) is 24.3 Å². The van der Waals surface area contributed by atoms with Gasteiger partial charge >= 0.3 is 0 Å². The number of aliphatic hydroxyl groups is 2. The zero-order valence-electron chi connectivity index (χ0n) is 11.4. The van der Waals surface area contributed by atoms with Gasteiger partial charge in [0.2, 0.25) is 0 Å². The van der Waals surface area contributed by atoms with Crippen LogP contribution in [0, 0.1) is 12.3 Å². The Morgan fingerprint density at radius 2 is 2.11 bits per heavy atom. The van der Waals surface area contributed by atoms with Crippen molar-refractivity contribution in [3.63, 3.8) is 0 Å². The van der Waals surface area contributed by atoms with E-state index in [1.807, 2.05) is 31.2 Å². The van der Waals surface area contributed by atoms with Crippen LogP contribution in [-0.2, 0) is 0 Å². The Kier molecular flexibility index (Phi) is 4.80. The van der Waals surface area contributed by atoms with E-state index in [9.17, 15) is 10.2 Å². The van der Waals surface area contributed by atoms with Crippen LogP contribution in [0.25, 0.3) is 0 Å². The number of para-hydroxylation sites is 1. The molecule has 19 heavy (non-hydrogen) atoms. The minimum absolute atomic E-state index is 0.0800. The zero-order chi connectivity index (χ0) is 13.7. The van der Waals surface area contributed by atoms with Gasteiger partial charge in [-0.2, -0.15) is 0 Å². The van der Waals surface area contributed by atoms with Crippen molar-refractivity contribution in [3.05, 3.63) is 29.8 Å². The SMILES string of the molecule is Cc1ccccc1OCC(O)CNCC1(CO)CC1. The fraction of sp³-hybridized carbons (Fsp3) is 0.600.